The summed E-state index contributed by atoms with van der Waals surface area (Å²) < 4.78 is 12.9. The minimum absolute atomic E-state index is 0.0357. The number of rotatable bonds is 3. The first-order valence-electron chi connectivity index (χ1n) is 7.08. The highest BCUT2D eigenvalue weighted by molar-refractivity contribution is 5.74. The fraction of sp³-hybridized carbons (Fsp3) is 0.643. The van der Waals surface area contributed by atoms with Gasteiger partial charge in [0.15, 0.2) is 5.82 Å². The maximum absolute atomic E-state index is 12.9. The average Bonchev–Trinajstić information content (AvgIpc) is 2.83. The summed E-state index contributed by atoms with van der Waals surface area (Å²) in [6.07, 6.45) is 2.33. The van der Waals surface area contributed by atoms with Crippen molar-refractivity contribution in [3.8, 4) is 0 Å². The number of nitrogens with zero attached hydrogens (tertiary/aromatic N) is 4. The molecule has 1 fully saturated rings. The Morgan fingerprint density at radius 1 is 1.38 bits per heavy atom. The van der Waals surface area contributed by atoms with E-state index in [2.05, 4.69) is 29.1 Å². The lowest BCUT2D eigenvalue weighted by molar-refractivity contribution is 0.208. The van der Waals surface area contributed by atoms with Crippen molar-refractivity contribution in [2.45, 2.75) is 19.9 Å². The highest BCUT2D eigenvalue weighted by atomic mass is 19.1. The molecule has 1 saturated heterocycles. The van der Waals surface area contributed by atoms with Crippen LogP contribution >= 0.6 is 0 Å². The van der Waals surface area contributed by atoms with Gasteiger partial charge in [-0.15, -0.1) is 0 Å². The smallest absolute Gasteiger partial charge is 0.317 e. The third-order valence-electron chi connectivity index (χ3n) is 3.83. The van der Waals surface area contributed by atoms with Crippen LogP contribution in [0.15, 0.2) is 12.4 Å². The third-order valence-corrected chi connectivity index (χ3v) is 3.83. The molecule has 1 aliphatic heterocycles. The Morgan fingerprint density at radius 3 is 2.52 bits per heavy atom. The zero-order valence-electron chi connectivity index (χ0n) is 12.9. The summed E-state index contributed by atoms with van der Waals surface area (Å²) in [5, 5.41) is 3.04. The van der Waals surface area contributed by atoms with Crippen molar-refractivity contribution in [2.75, 3.05) is 32.1 Å². The third kappa shape index (κ3) is 3.59. The number of anilines is 1. The summed E-state index contributed by atoms with van der Waals surface area (Å²) in [5.74, 6) is 0.782. The van der Waals surface area contributed by atoms with Crippen LogP contribution in [0.1, 0.15) is 13.8 Å². The predicted molar refractivity (Wildman–Crippen MR) is 78.5 cm³/mol. The van der Waals surface area contributed by atoms with Gasteiger partial charge in [0.2, 0.25) is 5.95 Å². The highest BCUT2D eigenvalue weighted by Crippen LogP contribution is 2.26. The summed E-state index contributed by atoms with van der Waals surface area (Å²) >= 11 is 0. The van der Waals surface area contributed by atoms with Crippen LogP contribution in [0.25, 0.3) is 0 Å². The molecule has 0 aliphatic carbocycles. The van der Waals surface area contributed by atoms with Crippen molar-refractivity contribution >= 4 is 12.0 Å². The standard InChI is InChI=1S/C14H22FN5O/c1-9(2)11-7-20(13-16-5-10(15)6-17-13)8-12(11)18-14(21)19(3)4/h5-6,9,11-12H,7-8H2,1-4H3,(H,18,21)/t11-,12+/m0/s1. The van der Waals surface area contributed by atoms with Crippen LogP contribution in [0.4, 0.5) is 15.1 Å². The number of carbonyl (C=O) groups is 1. The molecule has 7 heteroatoms. The van der Waals surface area contributed by atoms with Gasteiger partial charge in [-0.05, 0) is 5.92 Å². The molecule has 6 nitrogen and oxygen atoms in total. The van der Waals surface area contributed by atoms with E-state index in [-0.39, 0.29) is 12.1 Å². The van der Waals surface area contributed by atoms with Crippen molar-refractivity contribution in [3.05, 3.63) is 18.2 Å². The SMILES string of the molecule is CC(C)[C@@H]1CN(c2ncc(F)cn2)C[C@H]1NC(=O)N(C)C. The van der Waals surface area contributed by atoms with Crippen LogP contribution in [-0.4, -0.2) is 54.1 Å². The second-order valence-corrected chi connectivity index (χ2v) is 5.96. The molecule has 0 saturated carbocycles. The number of amides is 2. The number of urea groups is 1. The summed E-state index contributed by atoms with van der Waals surface area (Å²) in [6.45, 7) is 5.65. The molecule has 2 rings (SSSR count). The van der Waals surface area contributed by atoms with E-state index < -0.39 is 5.82 Å². The molecule has 21 heavy (non-hydrogen) atoms. The van der Waals surface area contributed by atoms with Crippen molar-refractivity contribution in [2.24, 2.45) is 11.8 Å². The van der Waals surface area contributed by atoms with E-state index in [1.807, 2.05) is 4.90 Å². The van der Waals surface area contributed by atoms with Crippen LogP contribution in [0.5, 0.6) is 0 Å². The number of carbonyl (C=O) groups excluding carboxylic acids is 1. The van der Waals surface area contributed by atoms with Crippen LogP contribution in [0.2, 0.25) is 0 Å². The molecule has 116 valence electrons. The van der Waals surface area contributed by atoms with Crippen LogP contribution in [0.3, 0.4) is 0 Å². The van der Waals surface area contributed by atoms with Crippen molar-refractivity contribution in [3.63, 3.8) is 0 Å². The second-order valence-electron chi connectivity index (χ2n) is 5.96. The number of hydrogen-bond donors (Lipinski definition) is 1. The molecule has 1 aromatic rings. The van der Waals surface area contributed by atoms with Gasteiger partial charge in [-0.25, -0.2) is 19.2 Å². The first-order valence-corrected chi connectivity index (χ1v) is 7.08. The summed E-state index contributed by atoms with van der Waals surface area (Å²) in [4.78, 5) is 23.4. The van der Waals surface area contributed by atoms with E-state index in [0.717, 1.165) is 6.54 Å². The Morgan fingerprint density at radius 2 is 2.00 bits per heavy atom. The predicted octanol–water partition coefficient (Wildman–Crippen LogP) is 1.35. The molecule has 2 heterocycles. The normalized spacial score (nSPS) is 21.7. The number of nitrogens with one attached hydrogen (secondary N) is 1. The van der Waals surface area contributed by atoms with Crippen LogP contribution in [-0.2, 0) is 0 Å². The van der Waals surface area contributed by atoms with Gasteiger partial charge in [0.1, 0.15) is 0 Å². The van der Waals surface area contributed by atoms with Gasteiger partial charge < -0.3 is 15.1 Å². The van der Waals surface area contributed by atoms with E-state index in [1.54, 1.807) is 14.1 Å². The summed E-state index contributed by atoms with van der Waals surface area (Å²) in [7, 11) is 3.44. The summed E-state index contributed by atoms with van der Waals surface area (Å²) in [6, 6.07) is -0.0684. The quantitative estimate of drug-likeness (QED) is 0.914. The number of hydrogen-bond acceptors (Lipinski definition) is 4. The van der Waals surface area contributed by atoms with Gasteiger partial charge in [-0.3, -0.25) is 0 Å². The lowest BCUT2D eigenvalue weighted by Gasteiger charge is -2.24. The Kier molecular flexibility index (Phi) is 4.59. The van der Waals surface area contributed by atoms with E-state index in [4.69, 9.17) is 0 Å². The van der Waals surface area contributed by atoms with E-state index in [1.165, 1.54) is 17.3 Å². The Bertz CT molecular complexity index is 491. The molecular weight excluding hydrogens is 273 g/mol. The largest absolute Gasteiger partial charge is 0.338 e. The number of aromatic nitrogens is 2. The van der Waals surface area contributed by atoms with Gasteiger partial charge in [-0.1, -0.05) is 13.8 Å². The maximum Gasteiger partial charge on any atom is 0.317 e. The van der Waals surface area contributed by atoms with Crippen LogP contribution in [0, 0.1) is 17.7 Å². The molecule has 2 amide bonds. The average molecular weight is 295 g/mol. The zero-order chi connectivity index (χ0) is 15.6. The first-order chi connectivity index (χ1) is 9.88. The van der Waals surface area contributed by atoms with Crippen molar-refractivity contribution in [1.29, 1.82) is 0 Å². The molecular formula is C14H22FN5O. The molecule has 1 N–H and O–H groups in total. The fourth-order valence-corrected chi connectivity index (χ4v) is 2.58. The summed E-state index contributed by atoms with van der Waals surface area (Å²) in [5.41, 5.74) is 0. The minimum Gasteiger partial charge on any atom is -0.338 e. The van der Waals surface area contributed by atoms with Gasteiger partial charge in [0, 0.05) is 33.1 Å². The zero-order valence-corrected chi connectivity index (χ0v) is 12.9. The highest BCUT2D eigenvalue weighted by Gasteiger charge is 2.36. The molecule has 0 bridgehead atoms. The molecule has 1 aliphatic rings. The molecule has 0 radical (unpaired) electrons. The Balaban J connectivity index is 2.11. The van der Waals surface area contributed by atoms with E-state index >= 15 is 0 Å². The first kappa shape index (κ1) is 15.5. The van der Waals surface area contributed by atoms with Crippen molar-refractivity contribution < 1.29 is 9.18 Å². The Hall–Kier alpha value is -1.92. The van der Waals surface area contributed by atoms with Crippen LogP contribution < -0.4 is 10.2 Å². The van der Waals surface area contributed by atoms with E-state index in [9.17, 15) is 9.18 Å². The van der Waals surface area contributed by atoms with Gasteiger partial charge in [0.05, 0.1) is 18.4 Å². The van der Waals surface area contributed by atoms with Crippen molar-refractivity contribution in [1.82, 2.24) is 20.2 Å². The number of halogens is 1. The van der Waals surface area contributed by atoms with Gasteiger partial charge in [-0.2, -0.15) is 0 Å². The monoisotopic (exact) mass is 295 g/mol. The van der Waals surface area contributed by atoms with Gasteiger partial charge in [0.25, 0.3) is 0 Å². The van der Waals surface area contributed by atoms with Gasteiger partial charge >= 0.3 is 6.03 Å². The van der Waals surface area contributed by atoms with E-state index in [0.29, 0.717) is 24.3 Å². The maximum atomic E-state index is 12.9. The topological polar surface area (TPSA) is 61.4 Å². The molecule has 0 unspecified atom stereocenters. The molecule has 1 aromatic heterocycles. The lowest BCUT2D eigenvalue weighted by Crippen LogP contribution is -2.46. The lowest BCUT2D eigenvalue weighted by atomic mass is 9.91. The molecule has 0 spiro atoms. The molecule has 2 atom stereocenters. The molecule has 0 aromatic carbocycles. The Labute approximate surface area is 124 Å². The minimum atomic E-state index is -0.448. The fourth-order valence-electron chi connectivity index (χ4n) is 2.58. The second kappa shape index (κ2) is 6.24.